The van der Waals surface area contributed by atoms with Gasteiger partial charge in [-0.2, -0.15) is 0 Å². The zero-order valence-electron chi connectivity index (χ0n) is 15.6. The number of nitrogens with zero attached hydrogens (tertiary/aromatic N) is 2. The number of carbonyl (C=O) groups is 3. The maximum atomic E-state index is 13.0. The van der Waals surface area contributed by atoms with Crippen molar-refractivity contribution in [1.29, 1.82) is 0 Å². The number of carbonyl (C=O) groups excluding carboxylic acids is 3. The molecule has 0 atom stereocenters. The quantitative estimate of drug-likeness (QED) is 0.531. The highest BCUT2D eigenvalue weighted by Crippen LogP contribution is 2.36. The number of rotatable bonds is 2. The highest BCUT2D eigenvalue weighted by Gasteiger charge is 2.29. The SMILES string of the molecule is O=C1c2ccccc2-c2ccc(C(=O)N3CCN(C(=O)c4ccoc4)CC3)cc21. The van der Waals surface area contributed by atoms with Crippen molar-refractivity contribution in [3.63, 3.8) is 0 Å². The molecular formula is C23H18N2O4. The summed E-state index contributed by atoms with van der Waals surface area (Å²) in [4.78, 5) is 41.5. The van der Waals surface area contributed by atoms with Crippen LogP contribution in [0.3, 0.4) is 0 Å². The Morgan fingerprint density at radius 3 is 2.00 bits per heavy atom. The number of amides is 2. The van der Waals surface area contributed by atoms with E-state index in [1.54, 1.807) is 28.0 Å². The standard InChI is InChI=1S/C23H18N2O4/c26-21-19-4-2-1-3-17(19)18-6-5-15(13-20(18)21)22(27)24-8-10-25(11-9-24)23(28)16-7-12-29-14-16/h1-7,12-14H,8-11H2. The summed E-state index contributed by atoms with van der Waals surface area (Å²) in [6, 6.07) is 14.5. The Hall–Kier alpha value is -3.67. The molecule has 3 aromatic rings. The van der Waals surface area contributed by atoms with Crippen molar-refractivity contribution >= 4 is 17.6 Å². The van der Waals surface area contributed by atoms with Crippen LogP contribution in [0.5, 0.6) is 0 Å². The maximum absolute atomic E-state index is 13.0. The van der Waals surface area contributed by atoms with E-state index in [1.807, 2.05) is 30.3 Å². The van der Waals surface area contributed by atoms with Gasteiger partial charge in [-0.3, -0.25) is 14.4 Å². The van der Waals surface area contributed by atoms with Crippen LogP contribution < -0.4 is 0 Å². The highest BCUT2D eigenvalue weighted by molar-refractivity contribution is 6.22. The van der Waals surface area contributed by atoms with Crippen molar-refractivity contribution in [3.05, 3.63) is 83.3 Å². The van der Waals surface area contributed by atoms with Crippen molar-refractivity contribution in [1.82, 2.24) is 9.80 Å². The van der Waals surface area contributed by atoms with Gasteiger partial charge in [0, 0.05) is 42.9 Å². The Kier molecular flexibility index (Phi) is 4.05. The summed E-state index contributed by atoms with van der Waals surface area (Å²) < 4.78 is 4.97. The number of benzene rings is 2. The first-order valence-electron chi connectivity index (χ1n) is 9.52. The van der Waals surface area contributed by atoms with E-state index in [0.29, 0.717) is 48.4 Å². The number of furan rings is 1. The van der Waals surface area contributed by atoms with E-state index in [1.165, 1.54) is 12.5 Å². The molecule has 1 aliphatic heterocycles. The van der Waals surface area contributed by atoms with Gasteiger partial charge < -0.3 is 14.2 Å². The molecule has 1 fully saturated rings. The molecule has 6 nitrogen and oxygen atoms in total. The van der Waals surface area contributed by atoms with Crippen molar-refractivity contribution in [2.24, 2.45) is 0 Å². The van der Waals surface area contributed by atoms with Gasteiger partial charge in [0.05, 0.1) is 11.8 Å². The average Bonchev–Trinajstić information content (AvgIpc) is 3.41. The van der Waals surface area contributed by atoms with Crippen LogP contribution in [-0.4, -0.2) is 53.6 Å². The summed E-state index contributed by atoms with van der Waals surface area (Å²) in [7, 11) is 0. The van der Waals surface area contributed by atoms with E-state index in [2.05, 4.69) is 0 Å². The van der Waals surface area contributed by atoms with Crippen LogP contribution in [0.4, 0.5) is 0 Å². The zero-order valence-corrected chi connectivity index (χ0v) is 15.6. The first kappa shape index (κ1) is 17.4. The summed E-state index contributed by atoms with van der Waals surface area (Å²) >= 11 is 0. The van der Waals surface area contributed by atoms with Crippen LogP contribution in [-0.2, 0) is 0 Å². The lowest BCUT2D eigenvalue weighted by atomic mass is 10.0. The molecule has 1 saturated heterocycles. The molecule has 2 heterocycles. The third kappa shape index (κ3) is 2.84. The second kappa shape index (κ2) is 6.74. The smallest absolute Gasteiger partial charge is 0.257 e. The fourth-order valence-corrected chi connectivity index (χ4v) is 4.03. The van der Waals surface area contributed by atoms with Crippen LogP contribution in [0.2, 0.25) is 0 Å². The molecule has 0 unspecified atom stereocenters. The lowest BCUT2D eigenvalue weighted by Crippen LogP contribution is -2.50. The van der Waals surface area contributed by atoms with Gasteiger partial charge >= 0.3 is 0 Å². The molecule has 6 heteroatoms. The first-order valence-corrected chi connectivity index (χ1v) is 9.52. The lowest BCUT2D eigenvalue weighted by Gasteiger charge is -2.34. The van der Waals surface area contributed by atoms with E-state index in [4.69, 9.17) is 4.42 Å². The molecule has 2 aromatic carbocycles. The molecule has 144 valence electrons. The minimum absolute atomic E-state index is 0.0409. The van der Waals surface area contributed by atoms with Gasteiger partial charge in [-0.05, 0) is 29.3 Å². The minimum Gasteiger partial charge on any atom is -0.472 e. The van der Waals surface area contributed by atoms with Crippen LogP contribution >= 0.6 is 0 Å². The van der Waals surface area contributed by atoms with Gasteiger partial charge in [-0.1, -0.05) is 30.3 Å². The van der Waals surface area contributed by atoms with E-state index < -0.39 is 0 Å². The summed E-state index contributed by atoms with van der Waals surface area (Å²) in [6.07, 6.45) is 2.90. The molecule has 1 aliphatic carbocycles. The zero-order chi connectivity index (χ0) is 20.0. The lowest BCUT2D eigenvalue weighted by molar-refractivity contribution is 0.0535. The highest BCUT2D eigenvalue weighted by atomic mass is 16.3. The molecular weight excluding hydrogens is 368 g/mol. The van der Waals surface area contributed by atoms with Crippen LogP contribution in [0.1, 0.15) is 36.6 Å². The maximum Gasteiger partial charge on any atom is 0.257 e. The predicted octanol–water partition coefficient (Wildman–Crippen LogP) is 3.09. The van der Waals surface area contributed by atoms with E-state index in [9.17, 15) is 14.4 Å². The molecule has 2 aliphatic rings. The molecule has 0 bridgehead atoms. The predicted molar refractivity (Wildman–Crippen MR) is 106 cm³/mol. The van der Waals surface area contributed by atoms with Gasteiger partial charge in [0.2, 0.25) is 0 Å². The fourth-order valence-electron chi connectivity index (χ4n) is 4.03. The normalized spacial score (nSPS) is 15.2. The summed E-state index contributed by atoms with van der Waals surface area (Å²) in [5, 5.41) is 0. The van der Waals surface area contributed by atoms with Gasteiger partial charge in [-0.15, -0.1) is 0 Å². The molecule has 0 radical (unpaired) electrons. The molecule has 2 amide bonds. The molecule has 1 aromatic heterocycles. The van der Waals surface area contributed by atoms with E-state index in [-0.39, 0.29) is 17.6 Å². The van der Waals surface area contributed by atoms with E-state index >= 15 is 0 Å². The second-order valence-electron chi connectivity index (χ2n) is 7.23. The minimum atomic E-state index is -0.119. The van der Waals surface area contributed by atoms with Crippen molar-refractivity contribution in [2.45, 2.75) is 0 Å². The van der Waals surface area contributed by atoms with Crippen molar-refractivity contribution in [2.75, 3.05) is 26.2 Å². The second-order valence-corrected chi connectivity index (χ2v) is 7.23. The Morgan fingerprint density at radius 1 is 0.724 bits per heavy atom. The largest absolute Gasteiger partial charge is 0.472 e. The van der Waals surface area contributed by atoms with E-state index in [0.717, 1.165) is 11.1 Å². The fraction of sp³-hybridized carbons (Fsp3) is 0.174. The molecule has 29 heavy (non-hydrogen) atoms. The topological polar surface area (TPSA) is 70.8 Å². The third-order valence-corrected chi connectivity index (χ3v) is 5.60. The van der Waals surface area contributed by atoms with Crippen LogP contribution in [0.15, 0.2) is 65.5 Å². The van der Waals surface area contributed by atoms with Crippen molar-refractivity contribution < 1.29 is 18.8 Å². The number of ketones is 1. The monoisotopic (exact) mass is 386 g/mol. The molecule has 5 rings (SSSR count). The Bertz CT molecular complexity index is 1130. The van der Waals surface area contributed by atoms with Crippen LogP contribution in [0, 0.1) is 0 Å². The average molecular weight is 386 g/mol. The summed E-state index contributed by atoms with van der Waals surface area (Å²) in [5.41, 5.74) is 4.06. The Labute approximate surface area is 167 Å². The summed E-state index contributed by atoms with van der Waals surface area (Å²) in [5.74, 6) is -0.250. The third-order valence-electron chi connectivity index (χ3n) is 5.60. The Balaban J connectivity index is 1.31. The van der Waals surface area contributed by atoms with Gasteiger partial charge in [0.1, 0.15) is 6.26 Å². The number of piperazine rings is 1. The van der Waals surface area contributed by atoms with Gasteiger partial charge in [0.25, 0.3) is 11.8 Å². The number of hydrogen-bond donors (Lipinski definition) is 0. The first-order chi connectivity index (χ1) is 14.1. The summed E-state index contributed by atoms with van der Waals surface area (Å²) in [6.45, 7) is 1.83. The van der Waals surface area contributed by atoms with Gasteiger partial charge in [0.15, 0.2) is 5.78 Å². The molecule has 0 N–H and O–H groups in total. The number of fused-ring (bicyclic) bond motifs is 3. The van der Waals surface area contributed by atoms with Crippen LogP contribution in [0.25, 0.3) is 11.1 Å². The number of hydrogen-bond acceptors (Lipinski definition) is 4. The Morgan fingerprint density at radius 2 is 1.34 bits per heavy atom. The molecule has 0 spiro atoms. The van der Waals surface area contributed by atoms with Gasteiger partial charge in [-0.25, -0.2) is 0 Å². The molecule has 0 saturated carbocycles. The van der Waals surface area contributed by atoms with Crippen molar-refractivity contribution in [3.8, 4) is 11.1 Å².